The molecule has 0 spiro atoms. The van der Waals surface area contributed by atoms with Crippen LogP contribution >= 0.6 is 0 Å². The number of nitrogens with zero attached hydrogens (tertiary/aromatic N) is 1. The molecule has 2 fully saturated rings. The number of hydrogen-bond donors (Lipinski definition) is 1. The first-order chi connectivity index (χ1) is 6.29. The van der Waals surface area contributed by atoms with Gasteiger partial charge in [0.2, 0.25) is 5.91 Å². The lowest BCUT2D eigenvalue weighted by molar-refractivity contribution is -0.133. The number of nitrogens with one attached hydrogen (secondary N) is 1. The Kier molecular flexibility index (Phi) is 2.54. The second kappa shape index (κ2) is 3.66. The molecule has 1 saturated carbocycles. The number of amides is 1. The molecule has 0 aromatic heterocycles. The van der Waals surface area contributed by atoms with E-state index in [1.165, 1.54) is 25.7 Å². The zero-order valence-corrected chi connectivity index (χ0v) is 8.25. The molecule has 1 heterocycles. The molecule has 3 heteroatoms. The van der Waals surface area contributed by atoms with Crippen LogP contribution < -0.4 is 5.32 Å². The molecular weight excluding hydrogens is 164 g/mol. The van der Waals surface area contributed by atoms with E-state index in [2.05, 4.69) is 10.2 Å². The maximum Gasteiger partial charge on any atom is 0.219 e. The van der Waals surface area contributed by atoms with E-state index in [-0.39, 0.29) is 5.91 Å². The number of hydrogen-bond acceptors (Lipinski definition) is 2. The van der Waals surface area contributed by atoms with Crippen LogP contribution in [0.15, 0.2) is 0 Å². The van der Waals surface area contributed by atoms with Gasteiger partial charge in [0.05, 0.1) is 0 Å². The maximum atomic E-state index is 11.4. The molecule has 2 aliphatic rings. The fraction of sp³-hybridized carbons (Fsp3) is 0.900. The van der Waals surface area contributed by atoms with E-state index in [0.717, 1.165) is 13.1 Å². The first-order valence-electron chi connectivity index (χ1n) is 5.29. The summed E-state index contributed by atoms with van der Waals surface area (Å²) in [5, 5.41) is 3.51. The van der Waals surface area contributed by atoms with Gasteiger partial charge in [0.15, 0.2) is 0 Å². The van der Waals surface area contributed by atoms with Gasteiger partial charge in [-0.15, -0.1) is 0 Å². The third kappa shape index (κ3) is 1.70. The minimum absolute atomic E-state index is 0.249. The van der Waals surface area contributed by atoms with E-state index in [4.69, 9.17) is 0 Å². The Hall–Kier alpha value is -0.570. The summed E-state index contributed by atoms with van der Waals surface area (Å²) in [5.41, 5.74) is 0. The van der Waals surface area contributed by atoms with Gasteiger partial charge in [0, 0.05) is 32.1 Å². The maximum absolute atomic E-state index is 11.4. The van der Waals surface area contributed by atoms with Crippen molar-refractivity contribution in [3.63, 3.8) is 0 Å². The van der Waals surface area contributed by atoms with E-state index in [1.807, 2.05) is 0 Å². The van der Waals surface area contributed by atoms with Gasteiger partial charge in [-0.2, -0.15) is 0 Å². The van der Waals surface area contributed by atoms with Crippen LogP contribution in [-0.4, -0.2) is 36.0 Å². The first-order valence-corrected chi connectivity index (χ1v) is 5.29. The Morgan fingerprint density at radius 3 is 2.92 bits per heavy atom. The van der Waals surface area contributed by atoms with E-state index >= 15 is 0 Å². The minimum atomic E-state index is 0.249. The predicted octanol–water partition coefficient (Wildman–Crippen LogP) is 0.749. The largest absolute Gasteiger partial charge is 0.337 e. The monoisotopic (exact) mass is 182 g/mol. The van der Waals surface area contributed by atoms with Gasteiger partial charge < -0.3 is 10.2 Å². The highest BCUT2D eigenvalue weighted by atomic mass is 16.2. The molecule has 74 valence electrons. The van der Waals surface area contributed by atoms with Crippen molar-refractivity contribution in [3.05, 3.63) is 0 Å². The Labute approximate surface area is 79.5 Å². The summed E-state index contributed by atoms with van der Waals surface area (Å²) in [6.07, 6.45) is 5.04. The molecule has 3 nitrogen and oxygen atoms in total. The summed E-state index contributed by atoms with van der Waals surface area (Å²) in [4.78, 5) is 13.4. The fourth-order valence-electron chi connectivity index (χ4n) is 2.65. The lowest BCUT2D eigenvalue weighted by Gasteiger charge is -2.44. The molecule has 2 rings (SSSR count). The standard InChI is InChI=1S/C10H18N2O/c1-8(13)12-7-6-11-9-4-2-3-5-10(9)12/h9-11H,2-7H2,1H3/t9-,10-/m1/s1. The average Bonchev–Trinajstić information content (AvgIpc) is 2.17. The van der Waals surface area contributed by atoms with Crippen molar-refractivity contribution in [3.8, 4) is 0 Å². The van der Waals surface area contributed by atoms with Crippen molar-refractivity contribution in [2.45, 2.75) is 44.7 Å². The SMILES string of the molecule is CC(=O)N1CCN[C@@H]2CCCC[C@H]21. The van der Waals surface area contributed by atoms with Gasteiger partial charge in [-0.1, -0.05) is 12.8 Å². The van der Waals surface area contributed by atoms with Crippen LogP contribution in [0.5, 0.6) is 0 Å². The third-order valence-electron chi connectivity index (χ3n) is 3.29. The Morgan fingerprint density at radius 1 is 1.38 bits per heavy atom. The van der Waals surface area contributed by atoms with Crippen molar-refractivity contribution in [1.82, 2.24) is 10.2 Å². The number of carbonyl (C=O) groups is 1. The quantitative estimate of drug-likeness (QED) is 0.599. The van der Waals surface area contributed by atoms with Crippen molar-refractivity contribution in [2.24, 2.45) is 0 Å². The summed E-state index contributed by atoms with van der Waals surface area (Å²) in [6.45, 7) is 3.56. The molecule has 0 aromatic carbocycles. The second-order valence-electron chi connectivity index (χ2n) is 4.12. The van der Waals surface area contributed by atoms with Gasteiger partial charge in [0.1, 0.15) is 0 Å². The third-order valence-corrected chi connectivity index (χ3v) is 3.29. The molecule has 0 aromatic rings. The number of fused-ring (bicyclic) bond motifs is 1. The molecule has 1 aliphatic carbocycles. The Balaban J connectivity index is 2.06. The van der Waals surface area contributed by atoms with E-state index in [9.17, 15) is 4.79 Å². The normalized spacial score (nSPS) is 34.1. The minimum Gasteiger partial charge on any atom is -0.337 e. The van der Waals surface area contributed by atoms with Crippen molar-refractivity contribution in [2.75, 3.05) is 13.1 Å². The first kappa shape index (κ1) is 9.00. The zero-order chi connectivity index (χ0) is 9.26. The summed E-state index contributed by atoms with van der Waals surface area (Å²) >= 11 is 0. The molecule has 1 N–H and O–H groups in total. The van der Waals surface area contributed by atoms with Crippen LogP contribution in [0, 0.1) is 0 Å². The van der Waals surface area contributed by atoms with Gasteiger partial charge in [-0.25, -0.2) is 0 Å². The molecule has 2 atom stereocenters. The van der Waals surface area contributed by atoms with Crippen LogP contribution in [-0.2, 0) is 4.79 Å². The molecule has 0 radical (unpaired) electrons. The highest BCUT2D eigenvalue weighted by molar-refractivity contribution is 5.73. The van der Waals surface area contributed by atoms with Crippen LogP contribution in [0.25, 0.3) is 0 Å². The zero-order valence-electron chi connectivity index (χ0n) is 8.25. The molecule has 1 saturated heterocycles. The fourth-order valence-corrected chi connectivity index (χ4v) is 2.65. The van der Waals surface area contributed by atoms with Crippen LogP contribution in [0.2, 0.25) is 0 Å². The summed E-state index contributed by atoms with van der Waals surface area (Å²) in [6, 6.07) is 1.06. The van der Waals surface area contributed by atoms with Crippen LogP contribution in [0.1, 0.15) is 32.6 Å². The van der Waals surface area contributed by atoms with Gasteiger partial charge in [0.25, 0.3) is 0 Å². The van der Waals surface area contributed by atoms with Gasteiger partial charge >= 0.3 is 0 Å². The summed E-state index contributed by atoms with van der Waals surface area (Å²) < 4.78 is 0. The smallest absolute Gasteiger partial charge is 0.219 e. The highest BCUT2D eigenvalue weighted by Gasteiger charge is 2.33. The van der Waals surface area contributed by atoms with Crippen molar-refractivity contribution >= 4 is 5.91 Å². The van der Waals surface area contributed by atoms with Gasteiger partial charge in [-0.05, 0) is 12.8 Å². The Bertz CT molecular complexity index is 203. The van der Waals surface area contributed by atoms with E-state index in [0.29, 0.717) is 12.1 Å². The second-order valence-corrected chi connectivity index (χ2v) is 4.12. The predicted molar refractivity (Wildman–Crippen MR) is 51.4 cm³/mol. The van der Waals surface area contributed by atoms with Crippen LogP contribution in [0.4, 0.5) is 0 Å². The number of piperazine rings is 1. The molecular formula is C10H18N2O. The van der Waals surface area contributed by atoms with Crippen molar-refractivity contribution in [1.29, 1.82) is 0 Å². The average molecular weight is 182 g/mol. The van der Waals surface area contributed by atoms with Crippen LogP contribution in [0.3, 0.4) is 0 Å². The topological polar surface area (TPSA) is 32.3 Å². The Morgan fingerprint density at radius 2 is 2.15 bits per heavy atom. The highest BCUT2D eigenvalue weighted by Crippen LogP contribution is 2.25. The van der Waals surface area contributed by atoms with E-state index < -0.39 is 0 Å². The molecule has 1 aliphatic heterocycles. The van der Waals surface area contributed by atoms with Crippen molar-refractivity contribution < 1.29 is 4.79 Å². The molecule has 1 amide bonds. The van der Waals surface area contributed by atoms with E-state index in [1.54, 1.807) is 6.92 Å². The number of carbonyl (C=O) groups excluding carboxylic acids is 1. The molecule has 0 unspecified atom stereocenters. The summed E-state index contributed by atoms with van der Waals surface area (Å²) in [5.74, 6) is 0.249. The molecule has 13 heavy (non-hydrogen) atoms. The van der Waals surface area contributed by atoms with Gasteiger partial charge in [-0.3, -0.25) is 4.79 Å². The lowest BCUT2D eigenvalue weighted by atomic mass is 9.87. The lowest BCUT2D eigenvalue weighted by Crippen LogP contribution is -2.60. The number of rotatable bonds is 0. The summed E-state index contributed by atoms with van der Waals surface area (Å²) in [7, 11) is 0. The molecule has 0 bridgehead atoms.